The van der Waals surface area contributed by atoms with Crippen molar-refractivity contribution in [2.24, 2.45) is 0 Å². The average molecular weight is 264 g/mol. The summed E-state index contributed by atoms with van der Waals surface area (Å²) in [6.45, 7) is 5.19. The minimum absolute atomic E-state index is 0.0336. The van der Waals surface area contributed by atoms with Crippen LogP contribution in [0.15, 0.2) is 16.5 Å². The Hall–Kier alpha value is -1.33. The number of carboxylic acid groups (broad SMARTS) is 1. The van der Waals surface area contributed by atoms with Crippen LogP contribution in [-0.2, 0) is 6.54 Å². The number of carbonyl (C=O) groups is 1. The molecule has 19 heavy (non-hydrogen) atoms. The van der Waals surface area contributed by atoms with E-state index in [1.807, 2.05) is 0 Å². The predicted molar refractivity (Wildman–Crippen MR) is 70.2 cm³/mol. The molecule has 0 bridgehead atoms. The van der Waals surface area contributed by atoms with Crippen LogP contribution in [0.1, 0.15) is 35.6 Å². The summed E-state index contributed by atoms with van der Waals surface area (Å²) in [5.74, 6) is -0.212. The van der Waals surface area contributed by atoms with Gasteiger partial charge in [-0.1, -0.05) is 6.42 Å². The van der Waals surface area contributed by atoms with Crippen molar-refractivity contribution >= 4 is 5.97 Å². The Morgan fingerprint density at radius 2 is 2.21 bits per heavy atom. The van der Waals surface area contributed by atoms with Gasteiger partial charge in [0.25, 0.3) is 0 Å². The van der Waals surface area contributed by atoms with Crippen LogP contribution in [0, 0.1) is 0 Å². The first-order valence-corrected chi connectivity index (χ1v) is 7.01. The van der Waals surface area contributed by atoms with Crippen LogP contribution in [0.2, 0.25) is 0 Å². The third-order valence-corrected chi connectivity index (χ3v) is 4.17. The summed E-state index contributed by atoms with van der Waals surface area (Å²) in [7, 11) is 0. The van der Waals surface area contributed by atoms with Gasteiger partial charge in [-0.3, -0.25) is 9.80 Å². The fraction of sp³-hybridized carbons (Fsp3) is 0.643. The number of aromatic carboxylic acids is 1. The van der Waals surface area contributed by atoms with Gasteiger partial charge >= 0.3 is 5.97 Å². The van der Waals surface area contributed by atoms with Gasteiger partial charge in [-0.25, -0.2) is 4.79 Å². The number of furan rings is 1. The monoisotopic (exact) mass is 264 g/mol. The van der Waals surface area contributed by atoms with Gasteiger partial charge in [0.2, 0.25) is 5.76 Å². The molecule has 1 N–H and O–H groups in total. The number of hydrogen-bond acceptors (Lipinski definition) is 4. The van der Waals surface area contributed by atoms with E-state index in [1.54, 1.807) is 6.07 Å². The lowest BCUT2D eigenvalue weighted by atomic mass is 9.99. The fourth-order valence-corrected chi connectivity index (χ4v) is 3.16. The molecule has 5 heteroatoms. The Labute approximate surface area is 112 Å². The summed E-state index contributed by atoms with van der Waals surface area (Å²) in [5, 5.41) is 8.84. The van der Waals surface area contributed by atoms with Gasteiger partial charge in [0.15, 0.2) is 0 Å². The minimum atomic E-state index is -0.997. The van der Waals surface area contributed by atoms with Gasteiger partial charge in [-0.15, -0.1) is 0 Å². The standard InChI is InChI=1S/C14H20N2O3/c17-14(18)13-5-4-12(19-13)10-15-7-8-16-6-2-1-3-11(16)9-15/h4-5,11H,1-3,6-10H2,(H,17,18). The lowest BCUT2D eigenvalue weighted by molar-refractivity contribution is 0.0419. The van der Waals surface area contributed by atoms with Crippen LogP contribution in [-0.4, -0.2) is 53.1 Å². The largest absolute Gasteiger partial charge is 0.475 e. The minimum Gasteiger partial charge on any atom is -0.475 e. The van der Waals surface area contributed by atoms with Crippen molar-refractivity contribution in [2.75, 3.05) is 26.2 Å². The second-order valence-corrected chi connectivity index (χ2v) is 5.49. The molecule has 0 amide bonds. The molecular weight excluding hydrogens is 244 g/mol. The fourth-order valence-electron chi connectivity index (χ4n) is 3.16. The summed E-state index contributed by atoms with van der Waals surface area (Å²) in [6.07, 6.45) is 3.95. The first kappa shape index (κ1) is 12.7. The van der Waals surface area contributed by atoms with Crippen LogP contribution in [0.3, 0.4) is 0 Å². The smallest absolute Gasteiger partial charge is 0.371 e. The van der Waals surface area contributed by atoms with Crippen molar-refractivity contribution in [1.82, 2.24) is 9.80 Å². The Balaban J connectivity index is 1.59. The van der Waals surface area contributed by atoms with Crippen molar-refractivity contribution < 1.29 is 14.3 Å². The second kappa shape index (κ2) is 5.35. The molecule has 1 unspecified atom stereocenters. The molecule has 0 aliphatic carbocycles. The zero-order chi connectivity index (χ0) is 13.2. The van der Waals surface area contributed by atoms with Gasteiger partial charge in [0, 0.05) is 25.7 Å². The van der Waals surface area contributed by atoms with Crippen LogP contribution in [0.25, 0.3) is 0 Å². The molecule has 2 fully saturated rings. The highest BCUT2D eigenvalue weighted by Gasteiger charge is 2.29. The molecule has 1 atom stereocenters. The zero-order valence-electron chi connectivity index (χ0n) is 11.0. The van der Waals surface area contributed by atoms with Crippen LogP contribution < -0.4 is 0 Å². The number of piperazine rings is 1. The first-order valence-electron chi connectivity index (χ1n) is 7.01. The first-order chi connectivity index (χ1) is 9.22. The summed E-state index contributed by atoms with van der Waals surface area (Å²) >= 11 is 0. The molecule has 2 aliphatic heterocycles. The van der Waals surface area contributed by atoms with Crippen molar-refractivity contribution in [1.29, 1.82) is 0 Å². The van der Waals surface area contributed by atoms with E-state index in [2.05, 4.69) is 9.80 Å². The molecule has 0 aromatic carbocycles. The number of hydrogen-bond donors (Lipinski definition) is 1. The maximum Gasteiger partial charge on any atom is 0.371 e. The van der Waals surface area contributed by atoms with E-state index in [-0.39, 0.29) is 5.76 Å². The van der Waals surface area contributed by atoms with Gasteiger partial charge in [0.05, 0.1) is 6.54 Å². The van der Waals surface area contributed by atoms with E-state index in [9.17, 15) is 4.79 Å². The van der Waals surface area contributed by atoms with E-state index < -0.39 is 5.97 Å². The second-order valence-electron chi connectivity index (χ2n) is 5.49. The number of piperidine rings is 1. The normalized spacial score (nSPS) is 25.2. The molecule has 3 heterocycles. The Morgan fingerprint density at radius 1 is 1.32 bits per heavy atom. The van der Waals surface area contributed by atoms with Crippen LogP contribution in [0.5, 0.6) is 0 Å². The number of rotatable bonds is 3. The molecule has 1 aromatic rings. The van der Waals surface area contributed by atoms with Crippen molar-refractivity contribution in [3.8, 4) is 0 Å². The van der Waals surface area contributed by atoms with E-state index in [1.165, 1.54) is 31.9 Å². The van der Waals surface area contributed by atoms with Crippen molar-refractivity contribution in [2.45, 2.75) is 31.8 Å². The highest BCUT2D eigenvalue weighted by Crippen LogP contribution is 2.22. The quantitative estimate of drug-likeness (QED) is 0.899. The number of fused-ring (bicyclic) bond motifs is 1. The zero-order valence-corrected chi connectivity index (χ0v) is 11.0. The topological polar surface area (TPSA) is 56.9 Å². The predicted octanol–water partition coefficient (Wildman–Crippen LogP) is 1.65. The maximum absolute atomic E-state index is 10.8. The summed E-state index contributed by atoms with van der Waals surface area (Å²) in [6, 6.07) is 3.99. The number of nitrogens with zero attached hydrogens (tertiary/aromatic N) is 2. The van der Waals surface area contributed by atoms with E-state index in [4.69, 9.17) is 9.52 Å². The summed E-state index contributed by atoms with van der Waals surface area (Å²) in [5.41, 5.74) is 0. The SMILES string of the molecule is O=C(O)c1ccc(CN2CCN3CCCCC3C2)o1. The molecule has 2 aliphatic rings. The van der Waals surface area contributed by atoms with E-state index in [0.29, 0.717) is 6.04 Å². The van der Waals surface area contributed by atoms with Gasteiger partial charge in [0.1, 0.15) is 5.76 Å². The lowest BCUT2D eigenvalue weighted by Crippen LogP contribution is -2.54. The molecule has 2 saturated heterocycles. The van der Waals surface area contributed by atoms with Gasteiger partial charge < -0.3 is 9.52 Å². The highest BCUT2D eigenvalue weighted by atomic mass is 16.4. The Kier molecular flexibility index (Phi) is 3.57. The molecule has 0 spiro atoms. The third-order valence-electron chi connectivity index (χ3n) is 4.17. The lowest BCUT2D eigenvalue weighted by Gasteiger charge is -2.43. The highest BCUT2D eigenvalue weighted by molar-refractivity contribution is 5.84. The maximum atomic E-state index is 10.8. The van der Waals surface area contributed by atoms with Crippen molar-refractivity contribution in [3.63, 3.8) is 0 Å². The third kappa shape index (κ3) is 2.82. The molecule has 0 saturated carbocycles. The molecule has 1 aromatic heterocycles. The van der Waals surface area contributed by atoms with Gasteiger partial charge in [-0.05, 0) is 31.5 Å². The molecule has 5 nitrogen and oxygen atoms in total. The summed E-state index contributed by atoms with van der Waals surface area (Å²) in [4.78, 5) is 15.7. The molecule has 3 rings (SSSR count). The van der Waals surface area contributed by atoms with Gasteiger partial charge in [-0.2, -0.15) is 0 Å². The van der Waals surface area contributed by atoms with Crippen molar-refractivity contribution in [3.05, 3.63) is 23.7 Å². The number of carboxylic acids is 1. The molecule has 104 valence electrons. The molecule has 0 radical (unpaired) electrons. The van der Waals surface area contributed by atoms with E-state index in [0.717, 1.165) is 31.9 Å². The van der Waals surface area contributed by atoms with E-state index >= 15 is 0 Å². The average Bonchev–Trinajstić information content (AvgIpc) is 2.87. The van der Waals surface area contributed by atoms with Crippen LogP contribution >= 0.6 is 0 Å². The molecular formula is C14H20N2O3. The Morgan fingerprint density at radius 3 is 3.00 bits per heavy atom. The van der Waals surface area contributed by atoms with Crippen LogP contribution in [0.4, 0.5) is 0 Å². The summed E-state index contributed by atoms with van der Waals surface area (Å²) < 4.78 is 5.33. The Bertz CT molecular complexity index is 457.